The van der Waals surface area contributed by atoms with Crippen LogP contribution in [0.4, 0.5) is 4.79 Å². The van der Waals surface area contributed by atoms with Crippen LogP contribution in [0.15, 0.2) is 78.0 Å². The molecule has 0 saturated heterocycles. The molecular formula is C41H56N2O9. The van der Waals surface area contributed by atoms with E-state index in [-0.39, 0.29) is 63.0 Å². The highest BCUT2D eigenvalue weighted by atomic mass is 16.7. The van der Waals surface area contributed by atoms with Crippen molar-refractivity contribution in [3.63, 3.8) is 0 Å². The smallest absolute Gasteiger partial charge is 0.410 e. The predicted octanol–water partition coefficient (Wildman–Crippen LogP) is 6.72. The van der Waals surface area contributed by atoms with Crippen molar-refractivity contribution in [2.75, 3.05) is 46.7 Å². The van der Waals surface area contributed by atoms with E-state index < -0.39 is 23.8 Å². The first-order valence-corrected chi connectivity index (χ1v) is 18.8. The van der Waals surface area contributed by atoms with Crippen LogP contribution in [0.5, 0.6) is 11.5 Å². The fourth-order valence-corrected chi connectivity index (χ4v) is 8.42. The molecule has 2 aromatic rings. The molecule has 2 aromatic carbocycles. The van der Waals surface area contributed by atoms with Gasteiger partial charge in [-0.3, -0.25) is 4.90 Å². The van der Waals surface area contributed by atoms with Crippen molar-refractivity contribution in [2.45, 2.75) is 82.6 Å². The monoisotopic (exact) mass is 720 g/mol. The van der Waals surface area contributed by atoms with Gasteiger partial charge in [-0.2, -0.15) is 0 Å². The summed E-state index contributed by atoms with van der Waals surface area (Å²) in [6, 6.07) is 14.3. The van der Waals surface area contributed by atoms with Crippen molar-refractivity contribution in [3.8, 4) is 11.5 Å². The molecule has 1 aliphatic heterocycles. The molecule has 5 rings (SSSR count). The van der Waals surface area contributed by atoms with Gasteiger partial charge in [0.05, 0.1) is 31.5 Å². The highest BCUT2D eigenvalue weighted by Crippen LogP contribution is 2.61. The largest absolute Gasteiger partial charge is 0.508 e. The molecule has 1 amide bonds. The van der Waals surface area contributed by atoms with E-state index in [0.29, 0.717) is 43.9 Å². The minimum atomic E-state index is -1.37. The minimum Gasteiger partial charge on any atom is -0.508 e. The highest BCUT2D eigenvalue weighted by Gasteiger charge is 2.65. The molecule has 0 spiro atoms. The summed E-state index contributed by atoms with van der Waals surface area (Å²) in [5.41, 5.74) is 3.54. The molecule has 0 radical (unpaired) electrons. The molecule has 1 saturated carbocycles. The number of hydrogen-bond donors (Lipinski definition) is 3. The van der Waals surface area contributed by atoms with Crippen LogP contribution in [-0.2, 0) is 25.7 Å². The molecule has 1 heterocycles. The van der Waals surface area contributed by atoms with Crippen molar-refractivity contribution in [1.29, 1.82) is 0 Å². The van der Waals surface area contributed by atoms with Crippen LogP contribution in [0.2, 0.25) is 0 Å². The quantitative estimate of drug-likeness (QED) is 0.0773. The van der Waals surface area contributed by atoms with Gasteiger partial charge in [-0.15, -0.1) is 6.58 Å². The molecule has 1 fully saturated rings. The number of fused-ring (bicyclic) bond motifs is 2. The van der Waals surface area contributed by atoms with Gasteiger partial charge >= 0.3 is 6.09 Å². The maximum absolute atomic E-state index is 14.1. The molecule has 3 aliphatic rings. The summed E-state index contributed by atoms with van der Waals surface area (Å²) >= 11 is 0. The second kappa shape index (κ2) is 19.3. The van der Waals surface area contributed by atoms with Crippen LogP contribution in [0, 0.1) is 17.8 Å². The van der Waals surface area contributed by atoms with Crippen LogP contribution < -0.4 is 4.74 Å². The summed E-state index contributed by atoms with van der Waals surface area (Å²) in [5, 5.41) is 34.8. The van der Waals surface area contributed by atoms with Crippen LogP contribution >= 0.6 is 0 Å². The van der Waals surface area contributed by atoms with E-state index >= 15 is 0 Å². The van der Waals surface area contributed by atoms with E-state index in [9.17, 15) is 20.1 Å². The first-order chi connectivity index (χ1) is 25.4. The third-order valence-electron chi connectivity index (χ3n) is 10.5. The number of carbonyl (C=O) groups is 1. The van der Waals surface area contributed by atoms with Gasteiger partial charge in [0.25, 0.3) is 0 Å². The van der Waals surface area contributed by atoms with Gasteiger partial charge in [-0.25, -0.2) is 4.79 Å². The number of allylic oxidation sites excluding steroid dienone is 1. The van der Waals surface area contributed by atoms with E-state index in [1.807, 2.05) is 37.3 Å². The Kier molecular flexibility index (Phi) is 14.6. The molecule has 52 heavy (non-hydrogen) atoms. The van der Waals surface area contributed by atoms with Crippen LogP contribution in [0.3, 0.4) is 0 Å². The third kappa shape index (κ3) is 8.82. The van der Waals surface area contributed by atoms with Gasteiger partial charge in [0, 0.05) is 37.7 Å². The van der Waals surface area contributed by atoms with Gasteiger partial charge in [-0.05, 0) is 73.3 Å². The molecule has 11 heteroatoms. The predicted molar refractivity (Wildman–Crippen MR) is 198 cm³/mol. The Morgan fingerprint density at radius 3 is 2.56 bits per heavy atom. The van der Waals surface area contributed by atoms with E-state index in [1.54, 1.807) is 29.2 Å². The third-order valence-corrected chi connectivity index (χ3v) is 10.5. The fourth-order valence-electron chi connectivity index (χ4n) is 8.42. The van der Waals surface area contributed by atoms with E-state index in [4.69, 9.17) is 23.8 Å². The first-order valence-electron chi connectivity index (χ1n) is 18.8. The number of aliphatic hydroxyl groups excluding tert-OH is 2. The first kappa shape index (κ1) is 39.3. The minimum absolute atomic E-state index is 0.0702. The van der Waals surface area contributed by atoms with Gasteiger partial charge in [0.15, 0.2) is 0 Å². The Hall–Kier alpha value is -3.90. The van der Waals surface area contributed by atoms with Crippen LogP contribution in [0.25, 0.3) is 0 Å². The number of aliphatic hydroxyl groups is 2. The van der Waals surface area contributed by atoms with Gasteiger partial charge in [0.2, 0.25) is 5.79 Å². The summed E-state index contributed by atoms with van der Waals surface area (Å²) in [6.07, 6.45) is 9.06. The molecule has 11 nitrogen and oxygen atoms in total. The Balaban J connectivity index is 1.58. The van der Waals surface area contributed by atoms with Crippen molar-refractivity contribution in [2.24, 2.45) is 22.9 Å². The molecular weight excluding hydrogens is 664 g/mol. The molecule has 284 valence electrons. The van der Waals surface area contributed by atoms with Crippen molar-refractivity contribution < 1.29 is 43.9 Å². The van der Waals surface area contributed by atoms with Crippen LogP contribution in [0.1, 0.15) is 75.3 Å². The summed E-state index contributed by atoms with van der Waals surface area (Å²) in [6.45, 7) is 7.44. The lowest BCUT2D eigenvalue weighted by Gasteiger charge is -2.59. The Labute approximate surface area is 307 Å². The van der Waals surface area contributed by atoms with Crippen LogP contribution in [-0.4, -0.2) is 90.5 Å². The summed E-state index contributed by atoms with van der Waals surface area (Å²) in [4.78, 5) is 21.3. The standard InChI is InChI=1S/C41H56N2O9/c1-4-19-43(40(47)50-24-23-49-28-29-13-7-6-8-14-29)37-27-35(42-48-3)33-25-30(15-9-11-20-44)32(16-10-12-21-45)38-34-26-31(46)17-18-36(34)52-41(37,39(33)38)51-22-5-2/h5-8,13-14,17-18,25-26,30,32,37-39,44-46H,2,4,9-12,15-16,19-24,27-28H2,1,3H3. The zero-order chi connectivity index (χ0) is 36.9. The number of hydrogen-bond acceptors (Lipinski definition) is 10. The fraction of sp³-hybridized carbons (Fsp3) is 0.561. The van der Waals surface area contributed by atoms with E-state index in [0.717, 1.165) is 42.4 Å². The number of oxime groups is 1. The highest BCUT2D eigenvalue weighted by molar-refractivity contribution is 6.02. The number of phenolic OH excluding ortho intramolecular Hbond substituents is 1. The Morgan fingerprint density at radius 2 is 1.85 bits per heavy atom. The number of ether oxygens (including phenoxy) is 4. The average Bonchev–Trinajstić information content (AvgIpc) is 3.15. The topological polar surface area (TPSA) is 140 Å². The number of aromatic hydroxyl groups is 1. The number of nitrogens with zero attached hydrogens (tertiary/aromatic N) is 2. The second-order valence-electron chi connectivity index (χ2n) is 13.8. The Bertz CT molecular complexity index is 1510. The number of amides is 1. The van der Waals surface area contributed by atoms with Gasteiger partial charge in [-0.1, -0.05) is 67.4 Å². The maximum Gasteiger partial charge on any atom is 0.410 e. The number of phenols is 1. The number of rotatable bonds is 20. The summed E-state index contributed by atoms with van der Waals surface area (Å²) < 4.78 is 25.6. The maximum atomic E-state index is 14.1. The van der Waals surface area contributed by atoms with E-state index in [2.05, 4.69) is 17.8 Å². The Morgan fingerprint density at radius 1 is 1.08 bits per heavy atom. The lowest BCUT2D eigenvalue weighted by atomic mass is 9.55. The number of unbranched alkanes of at least 4 members (excludes halogenated alkanes) is 2. The molecule has 3 N–H and O–H groups in total. The summed E-state index contributed by atoms with van der Waals surface area (Å²) in [7, 11) is 1.52. The second-order valence-corrected chi connectivity index (χ2v) is 13.8. The molecule has 0 bridgehead atoms. The molecule has 6 atom stereocenters. The SMILES string of the molecule is C=CCOC12Oc3ccc(O)cc3C3C(CCCCO)C(CCCCO)C=C(C(=NOC)CC1N(CCC)C(=O)OCCOCc1ccccc1)C32. The van der Waals surface area contributed by atoms with Gasteiger partial charge < -0.3 is 39.1 Å². The van der Waals surface area contributed by atoms with Crippen molar-refractivity contribution >= 4 is 11.8 Å². The number of benzene rings is 2. The van der Waals surface area contributed by atoms with Gasteiger partial charge in [0.1, 0.15) is 31.3 Å². The van der Waals surface area contributed by atoms with E-state index in [1.165, 1.54) is 7.11 Å². The zero-order valence-electron chi connectivity index (χ0n) is 30.7. The summed E-state index contributed by atoms with van der Waals surface area (Å²) in [5.74, 6) is -1.11. The van der Waals surface area contributed by atoms with Crippen molar-refractivity contribution in [3.05, 3.63) is 84.0 Å². The average molecular weight is 721 g/mol. The molecule has 6 unspecified atom stereocenters. The normalized spacial score (nSPS) is 25.3. The molecule has 0 aromatic heterocycles. The lowest BCUT2D eigenvalue weighted by molar-refractivity contribution is -0.255. The van der Waals surface area contributed by atoms with Crippen molar-refractivity contribution in [1.82, 2.24) is 4.90 Å². The zero-order valence-corrected chi connectivity index (χ0v) is 30.7. The molecule has 2 aliphatic carbocycles. The number of carbonyl (C=O) groups excluding carboxylic acids is 1. The lowest BCUT2D eigenvalue weighted by Crippen LogP contribution is -2.70.